The number of hydrogen-bond acceptors (Lipinski definition) is 3. The summed E-state index contributed by atoms with van der Waals surface area (Å²) in [5, 5.41) is 8.56. The van der Waals surface area contributed by atoms with Crippen molar-refractivity contribution < 1.29 is 0 Å². The molecule has 1 fully saturated rings. The molecule has 1 aliphatic carbocycles. The standard InChI is InChI=1S/C9H9N3/c10-6-9-11-5-4-8(12-9)7-2-1-3-7/h4-5,7H,1-3H2. The summed E-state index contributed by atoms with van der Waals surface area (Å²) < 4.78 is 0. The molecule has 0 unspecified atom stereocenters. The van der Waals surface area contributed by atoms with Crippen LogP contribution in [0.5, 0.6) is 0 Å². The fourth-order valence-corrected chi connectivity index (χ4v) is 1.36. The van der Waals surface area contributed by atoms with Crippen molar-refractivity contribution >= 4 is 0 Å². The van der Waals surface area contributed by atoms with Crippen molar-refractivity contribution in [3.05, 3.63) is 23.8 Å². The second-order valence-electron chi connectivity index (χ2n) is 3.04. The van der Waals surface area contributed by atoms with Gasteiger partial charge >= 0.3 is 0 Å². The molecule has 0 bridgehead atoms. The minimum atomic E-state index is 0.291. The fraction of sp³-hybridized carbons (Fsp3) is 0.444. The molecule has 60 valence electrons. The van der Waals surface area contributed by atoms with E-state index in [1.54, 1.807) is 6.20 Å². The lowest BCUT2D eigenvalue weighted by Crippen LogP contribution is -2.11. The zero-order valence-electron chi connectivity index (χ0n) is 6.70. The highest BCUT2D eigenvalue weighted by molar-refractivity contribution is 5.16. The van der Waals surface area contributed by atoms with Gasteiger partial charge in [-0.15, -0.1) is 0 Å². The smallest absolute Gasteiger partial charge is 0.228 e. The van der Waals surface area contributed by atoms with Crippen molar-refractivity contribution in [1.29, 1.82) is 5.26 Å². The van der Waals surface area contributed by atoms with Gasteiger partial charge in [-0.1, -0.05) is 6.42 Å². The maximum Gasteiger partial charge on any atom is 0.232 e. The van der Waals surface area contributed by atoms with Crippen molar-refractivity contribution in [3.63, 3.8) is 0 Å². The van der Waals surface area contributed by atoms with Gasteiger partial charge in [-0.2, -0.15) is 5.26 Å². The van der Waals surface area contributed by atoms with Gasteiger partial charge in [0.2, 0.25) is 5.82 Å². The first-order valence-corrected chi connectivity index (χ1v) is 4.13. The summed E-state index contributed by atoms with van der Waals surface area (Å²) in [6.45, 7) is 0. The summed E-state index contributed by atoms with van der Waals surface area (Å²) in [6.07, 6.45) is 5.37. The molecule has 0 atom stereocenters. The van der Waals surface area contributed by atoms with Crippen LogP contribution in [0.25, 0.3) is 0 Å². The summed E-state index contributed by atoms with van der Waals surface area (Å²) in [6, 6.07) is 3.86. The van der Waals surface area contributed by atoms with Crippen LogP contribution in [-0.2, 0) is 0 Å². The van der Waals surface area contributed by atoms with Gasteiger partial charge in [0.1, 0.15) is 6.07 Å². The number of hydrogen-bond donors (Lipinski definition) is 0. The predicted octanol–water partition coefficient (Wildman–Crippen LogP) is 1.62. The van der Waals surface area contributed by atoms with Gasteiger partial charge in [0.25, 0.3) is 0 Å². The largest absolute Gasteiger partial charge is 0.232 e. The Hall–Kier alpha value is -1.43. The van der Waals surface area contributed by atoms with E-state index >= 15 is 0 Å². The number of nitriles is 1. The van der Waals surface area contributed by atoms with E-state index in [4.69, 9.17) is 5.26 Å². The van der Waals surface area contributed by atoms with Gasteiger partial charge in [-0.3, -0.25) is 0 Å². The van der Waals surface area contributed by atoms with Gasteiger partial charge < -0.3 is 0 Å². The van der Waals surface area contributed by atoms with Gasteiger partial charge in [-0.05, 0) is 18.9 Å². The van der Waals surface area contributed by atoms with Crippen LogP contribution in [0.15, 0.2) is 12.3 Å². The second-order valence-corrected chi connectivity index (χ2v) is 3.04. The zero-order valence-corrected chi connectivity index (χ0v) is 6.70. The van der Waals surface area contributed by atoms with E-state index < -0.39 is 0 Å². The molecule has 1 aromatic rings. The van der Waals surface area contributed by atoms with Crippen LogP contribution >= 0.6 is 0 Å². The maximum absolute atomic E-state index is 8.56. The molecule has 2 rings (SSSR count). The van der Waals surface area contributed by atoms with Crippen molar-refractivity contribution in [2.24, 2.45) is 0 Å². The van der Waals surface area contributed by atoms with Gasteiger partial charge in [0, 0.05) is 17.8 Å². The van der Waals surface area contributed by atoms with E-state index in [2.05, 4.69) is 9.97 Å². The summed E-state index contributed by atoms with van der Waals surface area (Å²) in [5.41, 5.74) is 1.04. The van der Waals surface area contributed by atoms with Gasteiger partial charge in [-0.25, -0.2) is 9.97 Å². The lowest BCUT2D eigenvalue weighted by Gasteiger charge is -2.24. The topological polar surface area (TPSA) is 49.6 Å². The summed E-state index contributed by atoms with van der Waals surface area (Å²) in [7, 11) is 0. The summed E-state index contributed by atoms with van der Waals surface area (Å²) in [4.78, 5) is 7.97. The molecule has 0 aromatic carbocycles. The molecule has 0 radical (unpaired) electrons. The quantitative estimate of drug-likeness (QED) is 0.625. The van der Waals surface area contributed by atoms with E-state index in [-0.39, 0.29) is 0 Å². The molecular formula is C9H9N3. The Balaban J connectivity index is 2.27. The minimum Gasteiger partial charge on any atom is -0.228 e. The predicted molar refractivity (Wildman–Crippen MR) is 43.3 cm³/mol. The molecule has 3 heteroatoms. The fourth-order valence-electron chi connectivity index (χ4n) is 1.36. The molecule has 1 heterocycles. The van der Waals surface area contributed by atoms with Gasteiger partial charge in [0.05, 0.1) is 0 Å². The first-order chi connectivity index (χ1) is 5.90. The third-order valence-corrected chi connectivity index (χ3v) is 2.30. The maximum atomic E-state index is 8.56. The Labute approximate surface area is 71.1 Å². The number of aromatic nitrogens is 2. The van der Waals surface area contributed by atoms with Crippen LogP contribution in [0.4, 0.5) is 0 Å². The van der Waals surface area contributed by atoms with Crippen LogP contribution in [0.3, 0.4) is 0 Å². The summed E-state index contributed by atoms with van der Waals surface area (Å²) in [5.74, 6) is 0.875. The van der Waals surface area contributed by atoms with Crippen LogP contribution < -0.4 is 0 Å². The Kier molecular flexibility index (Phi) is 1.75. The zero-order chi connectivity index (χ0) is 8.39. The van der Waals surface area contributed by atoms with E-state index in [9.17, 15) is 0 Å². The van der Waals surface area contributed by atoms with Crippen molar-refractivity contribution in [2.75, 3.05) is 0 Å². The summed E-state index contributed by atoms with van der Waals surface area (Å²) >= 11 is 0. The highest BCUT2D eigenvalue weighted by Crippen LogP contribution is 2.34. The molecule has 3 nitrogen and oxygen atoms in total. The Morgan fingerprint density at radius 3 is 2.92 bits per heavy atom. The molecule has 12 heavy (non-hydrogen) atoms. The average molecular weight is 159 g/mol. The average Bonchev–Trinajstić information content (AvgIpc) is 2.02. The molecule has 1 aliphatic rings. The van der Waals surface area contributed by atoms with Crippen LogP contribution in [0, 0.1) is 11.3 Å². The van der Waals surface area contributed by atoms with E-state index in [0.29, 0.717) is 11.7 Å². The minimum absolute atomic E-state index is 0.291. The first-order valence-electron chi connectivity index (χ1n) is 4.13. The van der Waals surface area contributed by atoms with Crippen LogP contribution in [0.2, 0.25) is 0 Å². The lowest BCUT2D eigenvalue weighted by molar-refractivity contribution is 0.410. The monoisotopic (exact) mass is 159 g/mol. The Bertz CT molecular complexity index is 323. The highest BCUT2D eigenvalue weighted by atomic mass is 14.9. The molecule has 0 N–H and O–H groups in total. The molecule has 0 saturated heterocycles. The normalized spacial score (nSPS) is 16.6. The molecule has 0 aliphatic heterocycles. The van der Waals surface area contributed by atoms with E-state index in [0.717, 1.165) is 5.69 Å². The van der Waals surface area contributed by atoms with Crippen LogP contribution in [0.1, 0.15) is 36.7 Å². The van der Waals surface area contributed by atoms with Crippen molar-refractivity contribution in [2.45, 2.75) is 25.2 Å². The molecular weight excluding hydrogens is 150 g/mol. The van der Waals surface area contributed by atoms with Crippen LogP contribution in [-0.4, -0.2) is 9.97 Å². The number of rotatable bonds is 1. The SMILES string of the molecule is N#Cc1nccc(C2CCC2)n1. The lowest BCUT2D eigenvalue weighted by atomic mass is 9.83. The Morgan fingerprint density at radius 2 is 2.33 bits per heavy atom. The van der Waals surface area contributed by atoms with Crippen molar-refractivity contribution in [1.82, 2.24) is 9.97 Å². The second kappa shape index (κ2) is 2.90. The third kappa shape index (κ3) is 1.16. The van der Waals surface area contributed by atoms with E-state index in [1.165, 1.54) is 19.3 Å². The third-order valence-electron chi connectivity index (χ3n) is 2.30. The van der Waals surface area contributed by atoms with Crippen molar-refractivity contribution in [3.8, 4) is 6.07 Å². The molecule has 0 spiro atoms. The highest BCUT2D eigenvalue weighted by Gasteiger charge is 2.20. The Morgan fingerprint density at radius 1 is 1.50 bits per heavy atom. The molecule has 1 saturated carbocycles. The van der Waals surface area contributed by atoms with Gasteiger partial charge in [0.15, 0.2) is 0 Å². The molecule has 1 aromatic heterocycles. The number of nitrogens with zero attached hydrogens (tertiary/aromatic N) is 3. The molecule has 0 amide bonds. The first kappa shape index (κ1) is 7.23. The van der Waals surface area contributed by atoms with E-state index in [1.807, 2.05) is 12.1 Å².